The van der Waals surface area contributed by atoms with Gasteiger partial charge in [-0.25, -0.2) is 0 Å². The number of para-hydroxylation sites is 1. The van der Waals surface area contributed by atoms with Gasteiger partial charge in [-0.05, 0) is 45.1 Å². The first-order valence-electron chi connectivity index (χ1n) is 8.15. The molecule has 0 unspecified atom stereocenters. The number of nitrogens with one attached hydrogen (secondary N) is 1. The summed E-state index contributed by atoms with van der Waals surface area (Å²) in [5, 5.41) is 11.8. The normalized spacial score (nSPS) is 16.1. The summed E-state index contributed by atoms with van der Waals surface area (Å²) in [6, 6.07) is 8.58. The van der Waals surface area contributed by atoms with Crippen LogP contribution in [0.15, 0.2) is 36.0 Å². The Morgan fingerprint density at radius 2 is 2.00 bits per heavy atom. The molecule has 0 bridgehead atoms. The van der Waals surface area contributed by atoms with E-state index in [2.05, 4.69) is 10.2 Å². The van der Waals surface area contributed by atoms with Crippen LogP contribution >= 0.6 is 0 Å². The summed E-state index contributed by atoms with van der Waals surface area (Å²) < 4.78 is 0. The van der Waals surface area contributed by atoms with Crippen molar-refractivity contribution in [3.63, 3.8) is 0 Å². The quantitative estimate of drug-likeness (QED) is 0.482. The smallest absolute Gasteiger partial charge is 0.266 e. The van der Waals surface area contributed by atoms with Crippen molar-refractivity contribution in [1.29, 1.82) is 5.26 Å². The highest BCUT2D eigenvalue weighted by atomic mass is 16.2. The lowest BCUT2D eigenvalue weighted by Crippen LogP contribution is -2.45. The maximum Gasteiger partial charge on any atom is 0.266 e. The van der Waals surface area contributed by atoms with Crippen LogP contribution in [0.3, 0.4) is 0 Å². The summed E-state index contributed by atoms with van der Waals surface area (Å²) in [5.41, 5.74) is 6.28. The fourth-order valence-electron chi connectivity index (χ4n) is 2.80. The lowest BCUT2D eigenvalue weighted by molar-refractivity contribution is -0.128. The molecule has 0 aromatic heterocycles. The number of benzene rings is 1. The fraction of sp³-hybridized carbons (Fsp3) is 0.389. The number of hydrogen-bond donors (Lipinski definition) is 2. The topological polar surface area (TPSA) is 102 Å². The van der Waals surface area contributed by atoms with Crippen LogP contribution in [0.5, 0.6) is 0 Å². The summed E-state index contributed by atoms with van der Waals surface area (Å²) >= 11 is 0. The molecule has 2 amide bonds. The van der Waals surface area contributed by atoms with Gasteiger partial charge in [0.1, 0.15) is 11.6 Å². The number of amides is 2. The number of nitrogen functional groups attached to an aromatic ring is 1. The van der Waals surface area contributed by atoms with Crippen molar-refractivity contribution in [2.75, 3.05) is 32.9 Å². The zero-order chi connectivity index (χ0) is 18.4. The highest BCUT2D eigenvalue weighted by Gasteiger charge is 2.26. The van der Waals surface area contributed by atoms with E-state index in [4.69, 9.17) is 5.73 Å². The second-order valence-electron chi connectivity index (χ2n) is 6.18. The van der Waals surface area contributed by atoms with Crippen molar-refractivity contribution in [3.05, 3.63) is 41.6 Å². The molecular weight excluding hydrogens is 318 g/mol. The molecule has 132 valence electrons. The third-order valence-corrected chi connectivity index (χ3v) is 4.46. The molecule has 1 aromatic rings. The minimum absolute atomic E-state index is 0.0981. The molecular formula is C18H23N5O2. The maximum absolute atomic E-state index is 12.5. The summed E-state index contributed by atoms with van der Waals surface area (Å²) in [4.78, 5) is 28.5. The predicted octanol–water partition coefficient (Wildman–Crippen LogP) is 0.959. The lowest BCUT2D eigenvalue weighted by atomic mass is 10.0. The SMILES string of the molecule is CN1CCC(N(C)C(=O)/C(C#N)=C\NC(=O)c2ccccc2N)CC1. The molecule has 0 spiro atoms. The number of carbonyl (C=O) groups excluding carboxylic acids is 2. The van der Waals surface area contributed by atoms with Crippen LogP contribution in [0, 0.1) is 11.3 Å². The molecule has 1 heterocycles. The molecule has 0 radical (unpaired) electrons. The fourth-order valence-corrected chi connectivity index (χ4v) is 2.80. The zero-order valence-corrected chi connectivity index (χ0v) is 14.5. The van der Waals surface area contributed by atoms with Crippen molar-refractivity contribution in [1.82, 2.24) is 15.1 Å². The standard InChI is InChI=1S/C18H23N5O2/c1-22-9-7-14(8-10-22)23(2)18(25)13(11-19)12-21-17(24)15-5-3-4-6-16(15)20/h3-6,12,14H,7-10,20H2,1-2H3,(H,21,24)/b13-12-. The third-order valence-electron chi connectivity index (χ3n) is 4.46. The molecule has 0 aliphatic carbocycles. The van der Waals surface area contributed by atoms with Gasteiger partial charge in [0.15, 0.2) is 0 Å². The zero-order valence-electron chi connectivity index (χ0n) is 14.5. The van der Waals surface area contributed by atoms with Gasteiger partial charge in [0.2, 0.25) is 0 Å². The number of hydrogen-bond acceptors (Lipinski definition) is 5. The lowest BCUT2D eigenvalue weighted by Gasteiger charge is -2.34. The predicted molar refractivity (Wildman–Crippen MR) is 95.3 cm³/mol. The van der Waals surface area contributed by atoms with E-state index in [1.165, 1.54) is 0 Å². The number of nitriles is 1. The highest BCUT2D eigenvalue weighted by Crippen LogP contribution is 2.16. The highest BCUT2D eigenvalue weighted by molar-refractivity contribution is 6.01. The molecule has 2 rings (SSSR count). The molecule has 25 heavy (non-hydrogen) atoms. The van der Waals surface area contributed by atoms with Gasteiger partial charge in [-0.3, -0.25) is 9.59 Å². The first-order chi connectivity index (χ1) is 11.9. The van der Waals surface area contributed by atoms with Crippen LogP contribution in [-0.2, 0) is 4.79 Å². The van der Waals surface area contributed by atoms with Crippen LogP contribution in [-0.4, -0.2) is 54.8 Å². The second kappa shape index (κ2) is 8.31. The van der Waals surface area contributed by atoms with Gasteiger partial charge in [-0.15, -0.1) is 0 Å². The van der Waals surface area contributed by atoms with Gasteiger partial charge in [0.05, 0.1) is 5.56 Å². The average Bonchev–Trinajstić information content (AvgIpc) is 2.62. The summed E-state index contributed by atoms with van der Waals surface area (Å²) in [6.07, 6.45) is 2.89. The molecule has 1 aromatic carbocycles. The van der Waals surface area contributed by atoms with Crippen molar-refractivity contribution in [2.45, 2.75) is 18.9 Å². The average molecular weight is 341 g/mol. The number of piperidine rings is 1. The van der Waals surface area contributed by atoms with Crippen molar-refractivity contribution < 1.29 is 9.59 Å². The van der Waals surface area contributed by atoms with E-state index >= 15 is 0 Å². The molecule has 3 N–H and O–H groups in total. The Labute approximate surface area is 147 Å². The monoisotopic (exact) mass is 341 g/mol. The van der Waals surface area contributed by atoms with Crippen LogP contribution in [0.25, 0.3) is 0 Å². The number of anilines is 1. The number of likely N-dealkylation sites (tertiary alicyclic amines) is 1. The van der Waals surface area contributed by atoms with E-state index < -0.39 is 11.8 Å². The maximum atomic E-state index is 12.5. The Hall–Kier alpha value is -2.85. The van der Waals surface area contributed by atoms with Gasteiger partial charge in [0.25, 0.3) is 11.8 Å². The Morgan fingerprint density at radius 3 is 2.60 bits per heavy atom. The van der Waals surface area contributed by atoms with Crippen molar-refractivity contribution in [2.24, 2.45) is 0 Å². The van der Waals surface area contributed by atoms with Crippen molar-refractivity contribution >= 4 is 17.5 Å². The molecule has 7 heteroatoms. The number of rotatable bonds is 4. The molecule has 0 atom stereocenters. The molecule has 7 nitrogen and oxygen atoms in total. The minimum atomic E-state index is -0.458. The molecule has 0 saturated carbocycles. The van der Waals surface area contributed by atoms with Crippen LogP contribution in [0.2, 0.25) is 0 Å². The van der Waals surface area contributed by atoms with Gasteiger partial charge in [-0.2, -0.15) is 5.26 Å². The first kappa shape index (κ1) is 18.5. The van der Waals surface area contributed by atoms with Crippen molar-refractivity contribution in [3.8, 4) is 6.07 Å². The van der Waals surface area contributed by atoms with Gasteiger partial charge in [0, 0.05) is 25.0 Å². The second-order valence-corrected chi connectivity index (χ2v) is 6.18. The molecule has 1 aliphatic rings. The number of nitrogens with zero attached hydrogens (tertiary/aromatic N) is 3. The van der Waals surface area contributed by atoms with Crippen LogP contribution in [0.1, 0.15) is 23.2 Å². The molecule has 1 saturated heterocycles. The molecule has 1 aliphatic heterocycles. The van der Waals surface area contributed by atoms with Gasteiger partial charge < -0.3 is 20.9 Å². The summed E-state index contributed by atoms with van der Waals surface area (Å²) in [7, 11) is 3.74. The van der Waals surface area contributed by atoms with Gasteiger partial charge in [-0.1, -0.05) is 12.1 Å². The van der Waals surface area contributed by atoms with E-state index in [9.17, 15) is 14.9 Å². The van der Waals surface area contributed by atoms with E-state index in [-0.39, 0.29) is 11.6 Å². The number of carbonyl (C=O) groups is 2. The van der Waals surface area contributed by atoms with E-state index in [0.717, 1.165) is 32.1 Å². The Balaban J connectivity index is 2.04. The Morgan fingerprint density at radius 1 is 1.36 bits per heavy atom. The Bertz CT molecular complexity index is 714. The first-order valence-corrected chi connectivity index (χ1v) is 8.15. The van der Waals surface area contributed by atoms with E-state index in [1.807, 2.05) is 13.1 Å². The van der Waals surface area contributed by atoms with E-state index in [0.29, 0.717) is 11.3 Å². The van der Waals surface area contributed by atoms with Gasteiger partial charge >= 0.3 is 0 Å². The van der Waals surface area contributed by atoms with Crippen LogP contribution in [0.4, 0.5) is 5.69 Å². The van der Waals surface area contributed by atoms with E-state index in [1.54, 1.807) is 36.2 Å². The Kier molecular flexibility index (Phi) is 6.14. The largest absolute Gasteiger partial charge is 0.398 e. The third kappa shape index (κ3) is 4.58. The summed E-state index contributed by atoms with van der Waals surface area (Å²) in [6.45, 7) is 1.83. The minimum Gasteiger partial charge on any atom is -0.398 e. The van der Waals surface area contributed by atoms with Crippen LogP contribution < -0.4 is 11.1 Å². The molecule has 1 fully saturated rings. The number of likely N-dealkylation sites (N-methyl/N-ethyl adjacent to an activating group) is 1. The number of nitrogens with two attached hydrogens (primary N) is 1. The summed E-state index contributed by atoms with van der Waals surface area (Å²) in [5.74, 6) is -0.848.